The Bertz CT molecular complexity index is 987. The Kier molecular flexibility index (Phi) is 5.62. The van der Waals surface area contributed by atoms with Gasteiger partial charge in [0.1, 0.15) is 5.75 Å². The smallest absolute Gasteiger partial charge is 0.416 e. The molecule has 0 N–H and O–H groups in total. The predicted octanol–water partition coefficient (Wildman–Crippen LogP) is 3.17. The van der Waals surface area contributed by atoms with Crippen LogP contribution in [0.3, 0.4) is 0 Å². The lowest BCUT2D eigenvalue weighted by atomic mass is 10.1. The van der Waals surface area contributed by atoms with Crippen molar-refractivity contribution in [1.29, 1.82) is 0 Å². The first-order chi connectivity index (χ1) is 14.8. The third-order valence-electron chi connectivity index (χ3n) is 5.74. The normalized spacial score (nSPS) is 20.5. The van der Waals surface area contributed by atoms with Crippen LogP contribution in [0.25, 0.3) is 0 Å². The zero-order valence-corrected chi connectivity index (χ0v) is 16.9. The maximum atomic E-state index is 13.1. The molecule has 0 aromatic heterocycles. The Morgan fingerprint density at radius 2 is 1.68 bits per heavy atom. The van der Waals surface area contributed by atoms with Crippen molar-refractivity contribution in [2.75, 3.05) is 43.1 Å². The molecule has 0 radical (unpaired) electrons. The zero-order chi connectivity index (χ0) is 22.2. The van der Waals surface area contributed by atoms with Gasteiger partial charge in [0.25, 0.3) is 5.91 Å². The Hall–Kier alpha value is -3.07. The average Bonchev–Trinajstić information content (AvgIpc) is 3.07. The van der Waals surface area contributed by atoms with E-state index in [2.05, 4.69) is 0 Å². The molecule has 1 atom stereocenters. The molecule has 0 spiro atoms. The number of para-hydroxylation sites is 2. The standard InChI is InChI=1S/C22H22F3N3O3/c1-31-19-8-3-2-7-17(19)28-20(29)14-18(21(28)30)27-11-9-26(10-12-27)16-6-4-5-15(13-16)22(23,24)25/h2-8,13,18H,9-12,14H2,1H3/t18-/m1/s1. The molecule has 2 aliphatic heterocycles. The number of amides is 2. The van der Waals surface area contributed by atoms with Crippen LogP contribution in [-0.4, -0.2) is 56.0 Å². The maximum absolute atomic E-state index is 13.1. The fraction of sp³-hybridized carbons (Fsp3) is 0.364. The summed E-state index contributed by atoms with van der Waals surface area (Å²) in [4.78, 5) is 30.7. The quantitative estimate of drug-likeness (QED) is 0.694. The first kappa shape index (κ1) is 21.2. The first-order valence-electron chi connectivity index (χ1n) is 9.95. The molecule has 31 heavy (non-hydrogen) atoms. The number of rotatable bonds is 4. The molecular formula is C22H22F3N3O3. The summed E-state index contributed by atoms with van der Waals surface area (Å²) in [6.07, 6.45) is -4.32. The number of imide groups is 1. The highest BCUT2D eigenvalue weighted by atomic mass is 19.4. The highest BCUT2D eigenvalue weighted by molar-refractivity contribution is 6.23. The molecule has 2 aromatic carbocycles. The number of carbonyl (C=O) groups excluding carboxylic acids is 2. The summed E-state index contributed by atoms with van der Waals surface area (Å²) < 4.78 is 44.3. The number of nitrogens with zero attached hydrogens (tertiary/aromatic N) is 3. The number of carbonyl (C=O) groups is 2. The fourth-order valence-electron chi connectivity index (χ4n) is 4.14. The van der Waals surface area contributed by atoms with Crippen molar-refractivity contribution in [3.05, 3.63) is 54.1 Å². The highest BCUT2D eigenvalue weighted by Gasteiger charge is 2.44. The third-order valence-corrected chi connectivity index (χ3v) is 5.74. The molecule has 2 heterocycles. The van der Waals surface area contributed by atoms with E-state index >= 15 is 0 Å². The summed E-state index contributed by atoms with van der Waals surface area (Å²) in [6, 6.07) is 11.5. The maximum Gasteiger partial charge on any atom is 0.416 e. The van der Waals surface area contributed by atoms with Crippen LogP contribution in [0.5, 0.6) is 5.75 Å². The summed E-state index contributed by atoms with van der Waals surface area (Å²) in [5, 5.41) is 0. The van der Waals surface area contributed by atoms with Gasteiger partial charge in [0, 0.05) is 31.9 Å². The van der Waals surface area contributed by atoms with Crippen molar-refractivity contribution < 1.29 is 27.5 Å². The molecule has 9 heteroatoms. The van der Waals surface area contributed by atoms with Gasteiger partial charge < -0.3 is 9.64 Å². The van der Waals surface area contributed by atoms with Crippen molar-refractivity contribution in [2.45, 2.75) is 18.6 Å². The lowest BCUT2D eigenvalue weighted by Crippen LogP contribution is -2.52. The fourth-order valence-corrected chi connectivity index (χ4v) is 4.14. The molecule has 0 bridgehead atoms. The Morgan fingerprint density at radius 1 is 0.968 bits per heavy atom. The molecule has 2 amide bonds. The number of piperazine rings is 1. The zero-order valence-electron chi connectivity index (χ0n) is 16.9. The summed E-state index contributed by atoms with van der Waals surface area (Å²) in [5.74, 6) is -0.152. The van der Waals surface area contributed by atoms with Gasteiger partial charge in [-0.15, -0.1) is 0 Å². The molecule has 6 nitrogen and oxygen atoms in total. The molecular weight excluding hydrogens is 411 g/mol. The largest absolute Gasteiger partial charge is 0.495 e. The molecule has 2 fully saturated rings. The topological polar surface area (TPSA) is 53.1 Å². The number of benzene rings is 2. The van der Waals surface area contributed by atoms with Gasteiger partial charge in [-0.05, 0) is 30.3 Å². The summed E-state index contributed by atoms with van der Waals surface area (Å²) in [7, 11) is 1.48. The van der Waals surface area contributed by atoms with Gasteiger partial charge in [-0.1, -0.05) is 18.2 Å². The predicted molar refractivity (Wildman–Crippen MR) is 109 cm³/mol. The number of ether oxygens (including phenoxy) is 1. The molecule has 2 aromatic rings. The van der Waals surface area contributed by atoms with E-state index in [1.165, 1.54) is 18.1 Å². The lowest BCUT2D eigenvalue weighted by molar-refractivity contribution is -0.137. The van der Waals surface area contributed by atoms with Crippen LogP contribution in [0.4, 0.5) is 24.5 Å². The molecule has 2 saturated heterocycles. The Morgan fingerprint density at radius 3 is 2.35 bits per heavy atom. The van der Waals surface area contributed by atoms with Crippen LogP contribution in [0.1, 0.15) is 12.0 Å². The van der Waals surface area contributed by atoms with Crippen molar-refractivity contribution in [3.8, 4) is 5.75 Å². The van der Waals surface area contributed by atoms with Crippen LogP contribution in [0.15, 0.2) is 48.5 Å². The van der Waals surface area contributed by atoms with Crippen LogP contribution in [0.2, 0.25) is 0 Å². The van der Waals surface area contributed by atoms with E-state index in [9.17, 15) is 22.8 Å². The number of anilines is 2. The number of alkyl halides is 3. The van der Waals surface area contributed by atoms with Gasteiger partial charge in [-0.25, -0.2) is 4.90 Å². The van der Waals surface area contributed by atoms with E-state index in [1.54, 1.807) is 30.3 Å². The molecule has 164 valence electrons. The van der Waals surface area contributed by atoms with Gasteiger partial charge >= 0.3 is 6.18 Å². The summed E-state index contributed by atoms with van der Waals surface area (Å²) >= 11 is 0. The molecule has 0 unspecified atom stereocenters. The van der Waals surface area contributed by atoms with E-state index < -0.39 is 17.8 Å². The molecule has 4 rings (SSSR count). The highest BCUT2D eigenvalue weighted by Crippen LogP contribution is 2.34. The van der Waals surface area contributed by atoms with E-state index in [-0.39, 0.29) is 18.2 Å². The van der Waals surface area contributed by atoms with Gasteiger partial charge in [-0.2, -0.15) is 13.2 Å². The Balaban J connectivity index is 1.45. The van der Waals surface area contributed by atoms with E-state index in [1.807, 2.05) is 9.80 Å². The summed E-state index contributed by atoms with van der Waals surface area (Å²) in [5.41, 5.74) is 0.237. The molecule has 2 aliphatic rings. The third kappa shape index (κ3) is 4.10. The van der Waals surface area contributed by atoms with Crippen molar-refractivity contribution >= 4 is 23.2 Å². The second-order valence-electron chi connectivity index (χ2n) is 7.53. The second kappa shape index (κ2) is 8.22. The SMILES string of the molecule is COc1ccccc1N1C(=O)C[C@@H](N2CCN(c3cccc(C(F)(F)F)c3)CC2)C1=O. The average molecular weight is 433 g/mol. The number of methoxy groups -OCH3 is 1. The first-order valence-corrected chi connectivity index (χ1v) is 9.95. The Labute approximate surface area is 177 Å². The number of hydrogen-bond acceptors (Lipinski definition) is 5. The molecule has 0 saturated carbocycles. The van der Waals surface area contributed by atoms with Crippen molar-refractivity contribution in [2.24, 2.45) is 0 Å². The number of halogens is 3. The van der Waals surface area contributed by atoms with E-state index in [4.69, 9.17) is 4.74 Å². The van der Waals surface area contributed by atoms with Gasteiger partial charge in [-0.3, -0.25) is 14.5 Å². The molecule has 0 aliphatic carbocycles. The van der Waals surface area contributed by atoms with Gasteiger partial charge in [0.15, 0.2) is 0 Å². The van der Waals surface area contributed by atoms with Crippen LogP contribution in [0, 0.1) is 0 Å². The van der Waals surface area contributed by atoms with Crippen LogP contribution in [-0.2, 0) is 15.8 Å². The second-order valence-corrected chi connectivity index (χ2v) is 7.53. The lowest BCUT2D eigenvalue weighted by Gasteiger charge is -2.38. The summed E-state index contributed by atoms with van der Waals surface area (Å²) in [6.45, 7) is 1.88. The minimum absolute atomic E-state index is 0.0699. The van der Waals surface area contributed by atoms with E-state index in [0.29, 0.717) is 43.3 Å². The monoisotopic (exact) mass is 433 g/mol. The van der Waals surface area contributed by atoms with Crippen molar-refractivity contribution in [3.63, 3.8) is 0 Å². The van der Waals surface area contributed by atoms with Crippen LogP contribution < -0.4 is 14.5 Å². The van der Waals surface area contributed by atoms with Gasteiger partial charge in [0.05, 0.1) is 30.8 Å². The minimum Gasteiger partial charge on any atom is -0.495 e. The minimum atomic E-state index is -4.39. The number of hydrogen-bond donors (Lipinski definition) is 0. The van der Waals surface area contributed by atoms with Crippen molar-refractivity contribution in [1.82, 2.24) is 4.90 Å². The van der Waals surface area contributed by atoms with E-state index in [0.717, 1.165) is 12.1 Å². The van der Waals surface area contributed by atoms with Gasteiger partial charge in [0.2, 0.25) is 5.91 Å². The van der Waals surface area contributed by atoms with Crippen LogP contribution >= 0.6 is 0 Å².